The van der Waals surface area contributed by atoms with E-state index in [0.29, 0.717) is 28.1 Å². The topological polar surface area (TPSA) is 85.2 Å². The number of H-pyrrole nitrogens is 1. The van der Waals surface area contributed by atoms with E-state index < -0.39 is 5.97 Å². The lowest BCUT2D eigenvalue weighted by atomic mass is 10.1. The lowest BCUT2D eigenvalue weighted by Gasteiger charge is -2.03. The van der Waals surface area contributed by atoms with E-state index >= 15 is 0 Å². The van der Waals surface area contributed by atoms with Gasteiger partial charge in [-0.3, -0.25) is 4.79 Å². The Morgan fingerprint density at radius 3 is 2.90 bits per heavy atom. The van der Waals surface area contributed by atoms with Crippen LogP contribution in [0.2, 0.25) is 0 Å². The van der Waals surface area contributed by atoms with Gasteiger partial charge in [-0.2, -0.15) is 0 Å². The van der Waals surface area contributed by atoms with Crippen molar-refractivity contribution in [3.05, 3.63) is 52.5 Å². The van der Waals surface area contributed by atoms with Crippen molar-refractivity contribution < 1.29 is 13.9 Å². The van der Waals surface area contributed by atoms with Crippen LogP contribution in [0.4, 0.5) is 0 Å². The molecule has 0 unspecified atom stereocenters. The molecule has 20 heavy (non-hydrogen) atoms. The molecule has 0 aliphatic rings. The monoisotopic (exact) mass is 270 g/mol. The van der Waals surface area contributed by atoms with Gasteiger partial charge in [0.2, 0.25) is 0 Å². The zero-order valence-corrected chi connectivity index (χ0v) is 10.5. The molecule has 0 aliphatic carbocycles. The highest BCUT2D eigenvalue weighted by Crippen LogP contribution is 2.17. The molecule has 1 aromatic carbocycles. The van der Waals surface area contributed by atoms with E-state index in [-0.39, 0.29) is 5.56 Å². The largest absolute Gasteiger partial charge is 0.465 e. The minimum Gasteiger partial charge on any atom is -0.465 e. The molecule has 100 valence electrons. The summed E-state index contributed by atoms with van der Waals surface area (Å²) >= 11 is 0. The molecule has 6 heteroatoms. The third-order valence-corrected chi connectivity index (χ3v) is 2.88. The molecule has 0 radical (unpaired) electrons. The molecule has 0 fully saturated rings. The van der Waals surface area contributed by atoms with Crippen molar-refractivity contribution in [3.63, 3.8) is 0 Å². The lowest BCUT2D eigenvalue weighted by molar-refractivity contribution is 0.0601. The second kappa shape index (κ2) is 4.65. The Morgan fingerprint density at radius 2 is 2.20 bits per heavy atom. The molecular formula is C14H10N2O4. The van der Waals surface area contributed by atoms with E-state index in [2.05, 4.69) is 14.7 Å². The third kappa shape index (κ3) is 1.97. The van der Waals surface area contributed by atoms with Crippen molar-refractivity contribution in [2.75, 3.05) is 7.11 Å². The molecule has 2 heterocycles. The SMILES string of the molecule is COC(=O)c1ccc2c(=O)[nH]c(-c3ccco3)nc2c1. The number of carbonyl (C=O) groups excluding carboxylic acids is 1. The van der Waals surface area contributed by atoms with Crippen LogP contribution in [0, 0.1) is 0 Å². The van der Waals surface area contributed by atoms with Crippen molar-refractivity contribution in [2.24, 2.45) is 0 Å². The molecule has 0 spiro atoms. The van der Waals surface area contributed by atoms with Crippen LogP contribution in [0.25, 0.3) is 22.5 Å². The number of aromatic nitrogens is 2. The summed E-state index contributed by atoms with van der Waals surface area (Å²) in [7, 11) is 1.30. The predicted octanol–water partition coefficient (Wildman–Crippen LogP) is 1.97. The summed E-state index contributed by atoms with van der Waals surface area (Å²) in [6.45, 7) is 0. The lowest BCUT2D eigenvalue weighted by Crippen LogP contribution is -2.10. The van der Waals surface area contributed by atoms with Gasteiger partial charge in [-0.15, -0.1) is 0 Å². The van der Waals surface area contributed by atoms with Gasteiger partial charge < -0.3 is 14.1 Å². The number of methoxy groups -OCH3 is 1. The van der Waals surface area contributed by atoms with Gasteiger partial charge in [-0.05, 0) is 30.3 Å². The van der Waals surface area contributed by atoms with Crippen molar-refractivity contribution in [3.8, 4) is 11.6 Å². The first-order valence-corrected chi connectivity index (χ1v) is 5.85. The normalized spacial score (nSPS) is 10.7. The molecular weight excluding hydrogens is 260 g/mol. The second-order valence-electron chi connectivity index (χ2n) is 4.12. The number of hydrogen-bond donors (Lipinski definition) is 1. The fourth-order valence-corrected chi connectivity index (χ4v) is 1.91. The average molecular weight is 270 g/mol. The molecule has 0 saturated heterocycles. The van der Waals surface area contributed by atoms with Crippen LogP contribution in [0.5, 0.6) is 0 Å². The van der Waals surface area contributed by atoms with Crippen molar-refractivity contribution >= 4 is 16.9 Å². The Bertz CT molecular complexity index is 834. The van der Waals surface area contributed by atoms with Crippen LogP contribution in [0.1, 0.15) is 10.4 Å². The number of furan rings is 1. The Labute approximate surface area is 113 Å². The van der Waals surface area contributed by atoms with Crippen LogP contribution >= 0.6 is 0 Å². The summed E-state index contributed by atoms with van der Waals surface area (Å²) in [5.74, 6) is 0.288. The molecule has 0 bridgehead atoms. The van der Waals surface area contributed by atoms with Gasteiger partial charge in [0.25, 0.3) is 5.56 Å². The summed E-state index contributed by atoms with van der Waals surface area (Å²) in [4.78, 5) is 30.4. The molecule has 6 nitrogen and oxygen atoms in total. The van der Waals surface area contributed by atoms with Crippen molar-refractivity contribution in [2.45, 2.75) is 0 Å². The van der Waals surface area contributed by atoms with E-state index in [1.165, 1.54) is 25.5 Å². The highest BCUT2D eigenvalue weighted by molar-refractivity contribution is 5.94. The van der Waals surface area contributed by atoms with Crippen LogP contribution in [0.15, 0.2) is 45.8 Å². The standard InChI is InChI=1S/C14H10N2O4/c1-19-14(18)8-4-5-9-10(7-8)15-12(16-13(9)17)11-3-2-6-20-11/h2-7H,1H3,(H,15,16,17). The Balaban J connectivity index is 2.23. The molecule has 0 atom stereocenters. The number of fused-ring (bicyclic) bond motifs is 1. The highest BCUT2D eigenvalue weighted by atomic mass is 16.5. The van der Waals surface area contributed by atoms with Crippen LogP contribution < -0.4 is 5.56 Å². The van der Waals surface area contributed by atoms with Gasteiger partial charge in [0.1, 0.15) is 0 Å². The van der Waals surface area contributed by atoms with E-state index in [0.717, 1.165) is 0 Å². The zero-order chi connectivity index (χ0) is 14.1. The number of aromatic amines is 1. The number of nitrogens with zero attached hydrogens (tertiary/aromatic N) is 1. The fourth-order valence-electron chi connectivity index (χ4n) is 1.91. The maximum Gasteiger partial charge on any atom is 0.337 e. The Kier molecular flexibility index (Phi) is 2.83. The number of carbonyl (C=O) groups is 1. The van der Waals surface area contributed by atoms with Crippen LogP contribution in [-0.4, -0.2) is 23.0 Å². The number of nitrogens with one attached hydrogen (secondary N) is 1. The number of hydrogen-bond acceptors (Lipinski definition) is 5. The van der Waals surface area contributed by atoms with E-state index in [1.54, 1.807) is 18.2 Å². The van der Waals surface area contributed by atoms with Gasteiger partial charge in [-0.25, -0.2) is 9.78 Å². The summed E-state index contributed by atoms with van der Waals surface area (Å²) < 4.78 is 9.84. The first-order chi connectivity index (χ1) is 9.69. The third-order valence-electron chi connectivity index (χ3n) is 2.88. The Morgan fingerprint density at radius 1 is 1.35 bits per heavy atom. The number of benzene rings is 1. The van der Waals surface area contributed by atoms with E-state index in [9.17, 15) is 9.59 Å². The van der Waals surface area contributed by atoms with Crippen molar-refractivity contribution in [1.29, 1.82) is 0 Å². The molecule has 1 N–H and O–H groups in total. The minimum absolute atomic E-state index is 0.294. The highest BCUT2D eigenvalue weighted by Gasteiger charge is 2.11. The van der Waals surface area contributed by atoms with Gasteiger partial charge in [0, 0.05) is 0 Å². The zero-order valence-electron chi connectivity index (χ0n) is 10.5. The van der Waals surface area contributed by atoms with Crippen LogP contribution in [-0.2, 0) is 4.74 Å². The smallest absolute Gasteiger partial charge is 0.337 e. The molecule has 2 aromatic heterocycles. The first-order valence-electron chi connectivity index (χ1n) is 5.85. The maximum absolute atomic E-state index is 12.0. The average Bonchev–Trinajstić information content (AvgIpc) is 3.00. The maximum atomic E-state index is 12.0. The second-order valence-corrected chi connectivity index (χ2v) is 4.12. The summed E-state index contributed by atoms with van der Waals surface area (Å²) in [6, 6.07) is 7.97. The van der Waals surface area contributed by atoms with E-state index in [1.807, 2.05) is 0 Å². The number of ether oxygens (including phenoxy) is 1. The molecule has 3 aromatic rings. The van der Waals surface area contributed by atoms with Gasteiger partial charge in [0.15, 0.2) is 11.6 Å². The fraction of sp³-hybridized carbons (Fsp3) is 0.0714. The number of esters is 1. The molecule has 3 rings (SSSR count). The number of rotatable bonds is 2. The van der Waals surface area contributed by atoms with Crippen molar-refractivity contribution in [1.82, 2.24) is 9.97 Å². The van der Waals surface area contributed by atoms with Gasteiger partial charge in [0.05, 0.1) is 29.8 Å². The molecule has 0 amide bonds. The molecule has 0 saturated carbocycles. The predicted molar refractivity (Wildman–Crippen MR) is 71.4 cm³/mol. The summed E-state index contributed by atoms with van der Waals surface area (Å²) in [6.07, 6.45) is 1.49. The summed E-state index contributed by atoms with van der Waals surface area (Å²) in [5.41, 5.74) is 0.448. The summed E-state index contributed by atoms with van der Waals surface area (Å²) in [5, 5.41) is 0.396. The van der Waals surface area contributed by atoms with Crippen LogP contribution in [0.3, 0.4) is 0 Å². The first kappa shape index (κ1) is 12.2. The Hall–Kier alpha value is -2.89. The van der Waals surface area contributed by atoms with E-state index in [4.69, 9.17) is 4.42 Å². The van der Waals surface area contributed by atoms with Gasteiger partial charge in [-0.1, -0.05) is 0 Å². The molecule has 0 aliphatic heterocycles. The minimum atomic E-state index is -0.478. The quantitative estimate of drug-likeness (QED) is 0.719. The van der Waals surface area contributed by atoms with Gasteiger partial charge >= 0.3 is 5.97 Å².